The van der Waals surface area contributed by atoms with Crippen molar-refractivity contribution in [3.8, 4) is 0 Å². The van der Waals surface area contributed by atoms with E-state index in [1.807, 2.05) is 18.3 Å². The van der Waals surface area contributed by atoms with Crippen molar-refractivity contribution in [1.82, 2.24) is 9.55 Å². The Morgan fingerprint density at radius 2 is 2.19 bits per heavy atom. The summed E-state index contributed by atoms with van der Waals surface area (Å²) in [5, 5.41) is 11.1. The Hall–Kier alpha value is -2.40. The Kier molecular flexibility index (Phi) is 3.83. The van der Waals surface area contributed by atoms with Crippen LogP contribution in [0.2, 0.25) is 0 Å². The molecule has 21 heavy (non-hydrogen) atoms. The first kappa shape index (κ1) is 13.6. The van der Waals surface area contributed by atoms with Crippen LogP contribution in [0.15, 0.2) is 54.2 Å². The molecule has 0 saturated heterocycles. The molecule has 5 heteroatoms. The van der Waals surface area contributed by atoms with E-state index < -0.39 is 5.97 Å². The van der Waals surface area contributed by atoms with Crippen molar-refractivity contribution < 1.29 is 9.90 Å². The monoisotopic (exact) mass is 298 g/mol. The maximum atomic E-state index is 11.0. The first-order chi connectivity index (χ1) is 10.2. The Balaban J connectivity index is 1.81. The van der Waals surface area contributed by atoms with Gasteiger partial charge in [-0.1, -0.05) is 18.2 Å². The van der Waals surface area contributed by atoms with Gasteiger partial charge in [-0.3, -0.25) is 0 Å². The van der Waals surface area contributed by atoms with E-state index in [4.69, 9.17) is 5.11 Å². The van der Waals surface area contributed by atoms with Crippen molar-refractivity contribution in [3.63, 3.8) is 0 Å². The number of aromatic carboxylic acids is 1. The summed E-state index contributed by atoms with van der Waals surface area (Å²) in [4.78, 5) is 16.7. The minimum absolute atomic E-state index is 0.312. The number of rotatable bonds is 5. The molecule has 2 heterocycles. The first-order valence-corrected chi connectivity index (χ1v) is 7.45. The normalized spacial score (nSPS) is 10.7. The number of benzene rings is 1. The lowest BCUT2D eigenvalue weighted by atomic mass is 10.1. The number of carbonyl (C=O) groups is 1. The number of hydrogen-bond donors (Lipinski definition) is 1. The van der Waals surface area contributed by atoms with Gasteiger partial charge < -0.3 is 9.67 Å². The summed E-state index contributed by atoms with van der Waals surface area (Å²) < 4.78 is 2.06. The van der Waals surface area contributed by atoms with Crippen molar-refractivity contribution in [2.24, 2.45) is 0 Å². The van der Waals surface area contributed by atoms with Crippen LogP contribution in [0.4, 0.5) is 0 Å². The Bertz CT molecular complexity index is 747. The van der Waals surface area contributed by atoms with Crippen LogP contribution in [0.25, 0.3) is 0 Å². The second-order valence-electron chi connectivity index (χ2n) is 4.73. The predicted molar refractivity (Wildman–Crippen MR) is 81.9 cm³/mol. The van der Waals surface area contributed by atoms with Crippen molar-refractivity contribution in [3.05, 3.63) is 76.0 Å². The van der Waals surface area contributed by atoms with Crippen LogP contribution in [0.1, 0.15) is 26.6 Å². The SMILES string of the molecule is O=C(O)c1cccc(Cn2ccnc2Cc2cccs2)c1. The maximum Gasteiger partial charge on any atom is 0.335 e. The summed E-state index contributed by atoms with van der Waals surface area (Å²) in [5.74, 6) is 0.0828. The maximum absolute atomic E-state index is 11.0. The molecular formula is C16H14N2O2S. The molecule has 0 atom stereocenters. The van der Waals surface area contributed by atoms with Gasteiger partial charge in [-0.2, -0.15) is 0 Å². The van der Waals surface area contributed by atoms with Gasteiger partial charge in [-0.15, -0.1) is 11.3 Å². The molecule has 0 radical (unpaired) electrons. The third-order valence-corrected chi connectivity index (χ3v) is 4.12. The van der Waals surface area contributed by atoms with E-state index in [-0.39, 0.29) is 0 Å². The molecule has 3 rings (SSSR count). The number of aromatic nitrogens is 2. The van der Waals surface area contributed by atoms with Crippen LogP contribution in [-0.4, -0.2) is 20.6 Å². The molecule has 106 valence electrons. The quantitative estimate of drug-likeness (QED) is 0.786. The molecule has 0 aliphatic heterocycles. The van der Waals surface area contributed by atoms with E-state index in [1.54, 1.807) is 35.7 Å². The zero-order chi connectivity index (χ0) is 14.7. The molecule has 0 saturated carbocycles. The van der Waals surface area contributed by atoms with Gasteiger partial charge >= 0.3 is 5.97 Å². The highest BCUT2D eigenvalue weighted by molar-refractivity contribution is 7.09. The third-order valence-electron chi connectivity index (χ3n) is 3.24. The van der Waals surface area contributed by atoms with E-state index in [9.17, 15) is 4.79 Å². The summed E-state index contributed by atoms with van der Waals surface area (Å²) in [6, 6.07) is 11.1. The van der Waals surface area contributed by atoms with Crippen LogP contribution in [0.3, 0.4) is 0 Å². The molecule has 0 spiro atoms. The van der Waals surface area contributed by atoms with Gasteiger partial charge in [0.2, 0.25) is 0 Å². The smallest absolute Gasteiger partial charge is 0.335 e. The largest absolute Gasteiger partial charge is 0.478 e. The standard InChI is InChI=1S/C16H14N2O2S/c19-16(20)13-4-1-3-12(9-13)11-18-7-6-17-15(18)10-14-5-2-8-21-14/h1-9H,10-11H2,(H,19,20). The van der Waals surface area contributed by atoms with E-state index in [0.717, 1.165) is 17.8 Å². The number of nitrogens with zero attached hydrogens (tertiary/aromatic N) is 2. The summed E-state index contributed by atoms with van der Waals surface area (Å²) in [6.07, 6.45) is 4.50. The molecule has 1 aromatic carbocycles. The molecule has 2 aromatic heterocycles. The minimum atomic E-state index is -0.902. The molecule has 0 aliphatic rings. The molecule has 1 N–H and O–H groups in total. The average Bonchev–Trinajstić information content (AvgIpc) is 3.12. The molecule has 0 unspecified atom stereocenters. The van der Waals surface area contributed by atoms with Crippen molar-refractivity contribution >= 4 is 17.3 Å². The van der Waals surface area contributed by atoms with Crippen LogP contribution < -0.4 is 0 Å². The summed E-state index contributed by atoms with van der Waals surface area (Å²) in [5.41, 5.74) is 1.27. The molecule has 0 amide bonds. The Morgan fingerprint density at radius 1 is 1.29 bits per heavy atom. The van der Waals surface area contributed by atoms with Crippen molar-refractivity contribution in [1.29, 1.82) is 0 Å². The number of hydrogen-bond acceptors (Lipinski definition) is 3. The highest BCUT2D eigenvalue weighted by Gasteiger charge is 2.07. The fraction of sp³-hybridized carbons (Fsp3) is 0.125. The van der Waals surface area contributed by atoms with Crippen LogP contribution in [-0.2, 0) is 13.0 Å². The van der Waals surface area contributed by atoms with Crippen LogP contribution in [0, 0.1) is 0 Å². The second kappa shape index (κ2) is 5.93. The summed E-state index contributed by atoms with van der Waals surface area (Å²) >= 11 is 1.71. The average molecular weight is 298 g/mol. The predicted octanol–water partition coefficient (Wildman–Crippen LogP) is 3.28. The molecule has 0 fully saturated rings. The summed E-state index contributed by atoms with van der Waals surface area (Å²) in [6.45, 7) is 0.627. The van der Waals surface area contributed by atoms with Gasteiger partial charge in [0.25, 0.3) is 0 Å². The molecule has 3 aromatic rings. The van der Waals surface area contributed by atoms with Gasteiger partial charge in [-0.05, 0) is 29.1 Å². The number of thiophene rings is 1. The van der Waals surface area contributed by atoms with Gasteiger partial charge in [-0.25, -0.2) is 9.78 Å². The van der Waals surface area contributed by atoms with Crippen LogP contribution in [0.5, 0.6) is 0 Å². The van der Waals surface area contributed by atoms with Gasteiger partial charge in [0.1, 0.15) is 5.82 Å². The highest BCUT2D eigenvalue weighted by Crippen LogP contribution is 2.15. The zero-order valence-electron chi connectivity index (χ0n) is 11.3. The molecule has 0 bridgehead atoms. The number of imidazole rings is 1. The van der Waals surface area contributed by atoms with Gasteiger partial charge in [0.15, 0.2) is 0 Å². The van der Waals surface area contributed by atoms with Crippen LogP contribution >= 0.6 is 11.3 Å². The topological polar surface area (TPSA) is 55.1 Å². The fourth-order valence-electron chi connectivity index (χ4n) is 2.22. The Morgan fingerprint density at radius 3 is 2.95 bits per heavy atom. The van der Waals surface area contributed by atoms with Gasteiger partial charge in [0, 0.05) is 30.2 Å². The minimum Gasteiger partial charge on any atom is -0.478 e. The lowest BCUT2D eigenvalue weighted by molar-refractivity contribution is 0.0696. The van der Waals surface area contributed by atoms with E-state index >= 15 is 0 Å². The first-order valence-electron chi connectivity index (χ1n) is 6.57. The molecular weight excluding hydrogens is 284 g/mol. The van der Waals surface area contributed by atoms with Crippen molar-refractivity contribution in [2.45, 2.75) is 13.0 Å². The fourth-order valence-corrected chi connectivity index (χ4v) is 2.92. The Labute approximate surface area is 126 Å². The van der Waals surface area contributed by atoms with E-state index in [1.165, 1.54) is 4.88 Å². The lowest BCUT2D eigenvalue weighted by Crippen LogP contribution is -2.06. The van der Waals surface area contributed by atoms with Crippen molar-refractivity contribution in [2.75, 3.05) is 0 Å². The second-order valence-corrected chi connectivity index (χ2v) is 5.77. The number of carboxylic acids is 1. The zero-order valence-corrected chi connectivity index (χ0v) is 12.1. The number of carboxylic acid groups (broad SMARTS) is 1. The highest BCUT2D eigenvalue weighted by atomic mass is 32.1. The lowest BCUT2D eigenvalue weighted by Gasteiger charge is -2.08. The third kappa shape index (κ3) is 3.20. The van der Waals surface area contributed by atoms with E-state index in [2.05, 4.69) is 21.0 Å². The van der Waals surface area contributed by atoms with Gasteiger partial charge in [0.05, 0.1) is 5.56 Å². The van der Waals surface area contributed by atoms with E-state index in [0.29, 0.717) is 12.1 Å². The summed E-state index contributed by atoms with van der Waals surface area (Å²) in [7, 11) is 0. The molecule has 4 nitrogen and oxygen atoms in total. The molecule has 0 aliphatic carbocycles.